The van der Waals surface area contributed by atoms with E-state index in [9.17, 15) is 4.39 Å². The average Bonchev–Trinajstić information content (AvgIpc) is 2.27. The van der Waals surface area contributed by atoms with Gasteiger partial charge in [0, 0.05) is 30.3 Å². The van der Waals surface area contributed by atoms with Crippen LogP contribution in [-0.4, -0.2) is 4.98 Å². The van der Waals surface area contributed by atoms with Crippen LogP contribution in [0.5, 0.6) is 0 Å². The van der Waals surface area contributed by atoms with Crippen molar-refractivity contribution in [2.45, 2.75) is 6.54 Å². The molecule has 3 N–H and O–H groups in total. The van der Waals surface area contributed by atoms with Crippen molar-refractivity contribution in [2.75, 3.05) is 11.1 Å². The minimum Gasteiger partial charge on any atom is -0.399 e. The van der Waals surface area contributed by atoms with Gasteiger partial charge >= 0.3 is 0 Å². The van der Waals surface area contributed by atoms with Crippen molar-refractivity contribution in [2.24, 2.45) is 0 Å². The van der Waals surface area contributed by atoms with Crippen LogP contribution in [0.1, 0.15) is 5.56 Å². The molecule has 0 atom stereocenters. The molecule has 0 aliphatic heterocycles. The third-order valence-electron chi connectivity index (χ3n) is 2.17. The summed E-state index contributed by atoms with van der Waals surface area (Å²) in [5.74, 6) is -0.336. The topological polar surface area (TPSA) is 50.9 Å². The van der Waals surface area contributed by atoms with E-state index in [2.05, 4.69) is 10.3 Å². The van der Waals surface area contributed by atoms with E-state index in [-0.39, 0.29) is 5.82 Å². The molecule has 3 nitrogen and oxygen atoms in total. The molecule has 1 heterocycles. The first-order chi connectivity index (χ1) is 7.74. The molecule has 0 saturated carbocycles. The van der Waals surface area contributed by atoms with Crippen LogP contribution in [0.2, 0.25) is 0 Å². The molecule has 0 amide bonds. The smallest absolute Gasteiger partial charge is 0.127 e. The molecule has 2 rings (SSSR count). The van der Waals surface area contributed by atoms with E-state index in [1.807, 2.05) is 12.1 Å². The molecule has 16 heavy (non-hydrogen) atoms. The summed E-state index contributed by atoms with van der Waals surface area (Å²) in [7, 11) is 0. The standard InChI is InChI=1S/C12H12FN3/c13-10-5-11(14)7-12(6-10)16-8-9-1-3-15-4-2-9/h1-7,16H,8,14H2. The van der Waals surface area contributed by atoms with Gasteiger partial charge in [-0.05, 0) is 35.9 Å². The minimum absolute atomic E-state index is 0.336. The number of nitrogens with zero attached hydrogens (tertiary/aromatic N) is 1. The zero-order valence-corrected chi connectivity index (χ0v) is 8.65. The summed E-state index contributed by atoms with van der Waals surface area (Å²) in [6.07, 6.45) is 3.44. The predicted molar refractivity (Wildman–Crippen MR) is 62.4 cm³/mol. The zero-order valence-electron chi connectivity index (χ0n) is 8.65. The summed E-state index contributed by atoms with van der Waals surface area (Å²) >= 11 is 0. The van der Waals surface area contributed by atoms with Gasteiger partial charge in [-0.1, -0.05) is 0 Å². The van der Waals surface area contributed by atoms with Crippen molar-refractivity contribution in [3.63, 3.8) is 0 Å². The van der Waals surface area contributed by atoms with Gasteiger partial charge in [0.2, 0.25) is 0 Å². The summed E-state index contributed by atoms with van der Waals surface area (Å²) in [5.41, 5.74) is 7.71. The largest absolute Gasteiger partial charge is 0.399 e. The molecular weight excluding hydrogens is 205 g/mol. The van der Waals surface area contributed by atoms with Crippen molar-refractivity contribution >= 4 is 11.4 Å². The Morgan fingerprint density at radius 3 is 2.62 bits per heavy atom. The fourth-order valence-electron chi connectivity index (χ4n) is 1.42. The van der Waals surface area contributed by atoms with Gasteiger partial charge in [0.15, 0.2) is 0 Å². The fraction of sp³-hybridized carbons (Fsp3) is 0.0833. The lowest BCUT2D eigenvalue weighted by atomic mass is 10.2. The van der Waals surface area contributed by atoms with Gasteiger partial charge in [0.05, 0.1) is 0 Å². The summed E-state index contributed by atoms with van der Waals surface area (Å²) in [6, 6.07) is 8.20. The number of pyridine rings is 1. The Bertz CT molecular complexity index is 451. The third-order valence-corrected chi connectivity index (χ3v) is 2.17. The van der Waals surface area contributed by atoms with E-state index in [1.54, 1.807) is 18.5 Å². The van der Waals surface area contributed by atoms with Crippen LogP contribution in [0, 0.1) is 5.82 Å². The molecule has 2 aromatic rings. The van der Waals surface area contributed by atoms with E-state index in [0.717, 1.165) is 5.56 Å². The Balaban J connectivity index is 2.05. The molecule has 0 aliphatic rings. The molecule has 0 spiro atoms. The number of aromatic nitrogens is 1. The van der Waals surface area contributed by atoms with Gasteiger partial charge in [-0.25, -0.2) is 4.39 Å². The molecule has 82 valence electrons. The van der Waals surface area contributed by atoms with Gasteiger partial charge in [0.1, 0.15) is 5.82 Å². The van der Waals surface area contributed by atoms with Crippen LogP contribution >= 0.6 is 0 Å². The number of benzene rings is 1. The lowest BCUT2D eigenvalue weighted by Gasteiger charge is -2.07. The minimum atomic E-state index is -0.336. The summed E-state index contributed by atoms with van der Waals surface area (Å²) < 4.78 is 13.0. The van der Waals surface area contributed by atoms with Crippen LogP contribution in [0.15, 0.2) is 42.7 Å². The highest BCUT2D eigenvalue weighted by Gasteiger charge is 1.98. The van der Waals surface area contributed by atoms with Gasteiger partial charge < -0.3 is 11.1 Å². The Morgan fingerprint density at radius 2 is 1.94 bits per heavy atom. The van der Waals surface area contributed by atoms with Gasteiger partial charge in [-0.3, -0.25) is 4.98 Å². The summed E-state index contributed by atoms with van der Waals surface area (Å²) in [6.45, 7) is 0.616. The quantitative estimate of drug-likeness (QED) is 0.776. The molecular formula is C12H12FN3. The maximum Gasteiger partial charge on any atom is 0.127 e. The van der Waals surface area contributed by atoms with Crippen LogP contribution in [0.4, 0.5) is 15.8 Å². The maximum atomic E-state index is 13.0. The molecule has 0 aliphatic carbocycles. The van der Waals surface area contributed by atoms with E-state index >= 15 is 0 Å². The number of nitrogens with one attached hydrogen (secondary N) is 1. The third kappa shape index (κ3) is 2.70. The molecule has 0 radical (unpaired) electrons. The molecule has 1 aromatic carbocycles. The molecule has 4 heteroatoms. The Morgan fingerprint density at radius 1 is 1.19 bits per heavy atom. The second-order valence-corrected chi connectivity index (χ2v) is 3.48. The van der Waals surface area contributed by atoms with Crippen molar-refractivity contribution < 1.29 is 4.39 Å². The first-order valence-corrected chi connectivity index (χ1v) is 4.93. The number of hydrogen-bond donors (Lipinski definition) is 2. The van der Waals surface area contributed by atoms with Gasteiger partial charge in [-0.15, -0.1) is 0 Å². The fourth-order valence-corrected chi connectivity index (χ4v) is 1.42. The summed E-state index contributed by atoms with van der Waals surface area (Å²) in [4.78, 5) is 3.92. The van der Waals surface area contributed by atoms with Crippen molar-refractivity contribution in [3.05, 3.63) is 54.1 Å². The maximum absolute atomic E-state index is 13.0. The number of rotatable bonds is 3. The van der Waals surface area contributed by atoms with E-state index in [0.29, 0.717) is 17.9 Å². The lowest BCUT2D eigenvalue weighted by Crippen LogP contribution is -2.00. The van der Waals surface area contributed by atoms with Crippen LogP contribution < -0.4 is 11.1 Å². The summed E-state index contributed by atoms with van der Waals surface area (Å²) in [5, 5.41) is 3.09. The van der Waals surface area contributed by atoms with Gasteiger partial charge in [0.25, 0.3) is 0 Å². The highest BCUT2D eigenvalue weighted by Crippen LogP contribution is 2.16. The van der Waals surface area contributed by atoms with Crippen LogP contribution in [0.25, 0.3) is 0 Å². The van der Waals surface area contributed by atoms with Crippen molar-refractivity contribution in [3.8, 4) is 0 Å². The molecule has 0 bridgehead atoms. The zero-order chi connectivity index (χ0) is 11.4. The van der Waals surface area contributed by atoms with E-state index < -0.39 is 0 Å². The highest BCUT2D eigenvalue weighted by atomic mass is 19.1. The molecule has 0 fully saturated rings. The van der Waals surface area contributed by atoms with Crippen molar-refractivity contribution in [1.82, 2.24) is 4.98 Å². The van der Waals surface area contributed by atoms with Crippen molar-refractivity contribution in [1.29, 1.82) is 0 Å². The number of nitrogen functional groups attached to an aromatic ring is 1. The Kier molecular flexibility index (Phi) is 3.00. The average molecular weight is 217 g/mol. The highest BCUT2D eigenvalue weighted by molar-refractivity contribution is 5.54. The second kappa shape index (κ2) is 4.61. The number of hydrogen-bond acceptors (Lipinski definition) is 3. The normalized spacial score (nSPS) is 10.1. The first kappa shape index (κ1) is 10.4. The van der Waals surface area contributed by atoms with Crippen LogP contribution in [0.3, 0.4) is 0 Å². The van der Waals surface area contributed by atoms with Gasteiger partial charge in [-0.2, -0.15) is 0 Å². The Hall–Kier alpha value is -2.10. The lowest BCUT2D eigenvalue weighted by molar-refractivity contribution is 0.629. The van der Waals surface area contributed by atoms with E-state index in [1.165, 1.54) is 12.1 Å². The molecule has 0 saturated heterocycles. The monoisotopic (exact) mass is 217 g/mol. The number of anilines is 2. The molecule has 1 aromatic heterocycles. The second-order valence-electron chi connectivity index (χ2n) is 3.48. The Labute approximate surface area is 93.1 Å². The molecule has 0 unspecified atom stereocenters. The number of halogens is 1. The van der Waals surface area contributed by atoms with Crippen LogP contribution in [-0.2, 0) is 6.54 Å². The first-order valence-electron chi connectivity index (χ1n) is 4.93. The SMILES string of the molecule is Nc1cc(F)cc(NCc2ccncc2)c1. The number of nitrogens with two attached hydrogens (primary N) is 1. The van der Waals surface area contributed by atoms with E-state index in [4.69, 9.17) is 5.73 Å². The predicted octanol–water partition coefficient (Wildman–Crippen LogP) is 2.42.